The van der Waals surface area contributed by atoms with Gasteiger partial charge in [-0.25, -0.2) is 0 Å². The van der Waals surface area contributed by atoms with Gasteiger partial charge in [0.1, 0.15) is 42.3 Å². The minimum absolute atomic E-state index is 0.0491. The maximum Gasteiger partial charge on any atom is 0.305 e. The zero-order valence-corrected chi connectivity index (χ0v) is 38.5. The summed E-state index contributed by atoms with van der Waals surface area (Å²) in [6.07, 6.45) is 0.137. The summed E-state index contributed by atoms with van der Waals surface area (Å²) in [4.78, 5) is 138. The van der Waals surface area contributed by atoms with E-state index >= 15 is 0 Å². The van der Waals surface area contributed by atoms with E-state index in [2.05, 4.69) is 47.5 Å². The van der Waals surface area contributed by atoms with Crippen LogP contribution in [0.25, 0.3) is 0 Å². The lowest BCUT2D eigenvalue weighted by Gasteiger charge is -2.26. The van der Waals surface area contributed by atoms with Crippen LogP contribution < -0.4 is 65.5 Å². The molecule has 1 aromatic carbocycles. The summed E-state index contributed by atoms with van der Waals surface area (Å²) in [5, 5.41) is 30.0. The number of aliphatic imine (C=N–C) groups is 1. The SMILES string of the molecule is NCCCC[C@@H]1NC(=O)CSC[C@@H](C(N)=O)NC(=O)[C@H](Cc2ccccc2)NC(=O)[C@@H]2CSCSC[C@H](NC1=O)C(=O)N[C@@H](CCCN=C(N)N)C(=O)NCC(=O)N[C@@H](CC(=O)O)C(=O)N2. The first kappa shape index (κ1) is 54.5. The van der Waals surface area contributed by atoms with Crippen molar-refractivity contribution in [3.05, 3.63) is 35.9 Å². The van der Waals surface area contributed by atoms with Crippen LogP contribution in [0.1, 0.15) is 44.1 Å². The van der Waals surface area contributed by atoms with E-state index in [1.54, 1.807) is 30.3 Å². The van der Waals surface area contributed by atoms with Crippen LogP contribution in [0.15, 0.2) is 35.3 Å². The molecule has 2 saturated heterocycles. The molecule has 0 aliphatic carbocycles. The molecule has 66 heavy (non-hydrogen) atoms. The molecule has 0 saturated carbocycles. The average Bonchev–Trinajstić information content (AvgIpc) is 3.26. The third kappa shape index (κ3) is 20.2. The molecule has 7 atom stereocenters. The van der Waals surface area contributed by atoms with Crippen molar-refractivity contribution in [1.82, 2.24) is 42.5 Å². The van der Waals surface area contributed by atoms with Crippen LogP contribution in [0.4, 0.5) is 0 Å². The average molecular weight is 982 g/mol. The molecule has 3 rings (SSSR count). The molecule has 364 valence electrons. The standard InChI is InChI=1S/C39H59N13O11S3/c40-11-5-4-9-23-34(59)51-27-17-65-20-66-18-28(38(63)49-24(13-21-7-2-1-3-8-21)35(60)50-26(32(41)57)16-64-19-30(54)46-23)52-36(61)25(14-31(55)56)47-29(53)15-45-33(58)22(48-37(27)62)10-6-12-44-39(42)43/h1-3,7-8,22-28H,4-6,9-20,40H2,(H2,41,57)(H,45,58)(H,46,54)(H,47,53)(H,48,62)(H,49,63)(H,50,60)(H,51,59)(H,52,61)(H,55,56)(H4,42,43,44)/t22-,23-,24-,25-,26-,27-,28-/m0/s1. The summed E-state index contributed by atoms with van der Waals surface area (Å²) in [6.45, 7) is -0.428. The summed E-state index contributed by atoms with van der Waals surface area (Å²) >= 11 is 3.15. The lowest BCUT2D eigenvalue weighted by molar-refractivity contribution is -0.141. The van der Waals surface area contributed by atoms with E-state index in [4.69, 9.17) is 22.9 Å². The minimum Gasteiger partial charge on any atom is -0.481 e. The first-order valence-corrected chi connectivity index (χ1v) is 24.4. The largest absolute Gasteiger partial charge is 0.481 e. The Morgan fingerprint density at radius 2 is 1.21 bits per heavy atom. The predicted octanol–water partition coefficient (Wildman–Crippen LogP) is -4.93. The number of guanidine groups is 1. The molecular formula is C39H59N13O11S3. The van der Waals surface area contributed by atoms with Crippen LogP contribution >= 0.6 is 35.3 Å². The smallest absolute Gasteiger partial charge is 0.305 e. The topological polar surface area (TPSA) is 404 Å². The van der Waals surface area contributed by atoms with Gasteiger partial charge in [-0.2, -0.15) is 0 Å². The second-order valence-electron chi connectivity index (χ2n) is 15.1. The Bertz CT molecular complexity index is 1910. The number of amides is 9. The number of rotatable bonds is 13. The molecular weight excluding hydrogens is 923 g/mol. The summed E-state index contributed by atoms with van der Waals surface area (Å²) < 4.78 is 0. The van der Waals surface area contributed by atoms with E-state index in [0.717, 1.165) is 35.3 Å². The van der Waals surface area contributed by atoms with Gasteiger partial charge in [-0.15, -0.1) is 35.3 Å². The summed E-state index contributed by atoms with van der Waals surface area (Å²) in [5.74, 6) is -10.3. The number of carbonyl (C=O) groups is 10. The number of nitrogens with zero attached hydrogens (tertiary/aromatic N) is 1. The van der Waals surface area contributed by atoms with E-state index in [9.17, 15) is 53.1 Å². The molecule has 0 unspecified atom stereocenters. The number of unbranched alkanes of at least 4 members (excludes halogenated alkanes) is 1. The number of carboxylic acids is 1. The highest BCUT2D eigenvalue weighted by atomic mass is 32.2. The minimum atomic E-state index is -1.75. The Hall–Kier alpha value is -5.80. The molecule has 27 heteroatoms. The summed E-state index contributed by atoms with van der Waals surface area (Å²) in [7, 11) is 0. The van der Waals surface area contributed by atoms with Crippen LogP contribution in [-0.2, 0) is 54.4 Å². The zero-order valence-electron chi connectivity index (χ0n) is 36.0. The Morgan fingerprint density at radius 3 is 1.82 bits per heavy atom. The van der Waals surface area contributed by atoms with Crippen LogP contribution in [-0.4, -0.2) is 160 Å². The molecule has 0 radical (unpaired) electrons. The third-order valence-electron chi connectivity index (χ3n) is 9.73. The van der Waals surface area contributed by atoms with E-state index in [-0.39, 0.29) is 66.3 Å². The van der Waals surface area contributed by atoms with Gasteiger partial charge < -0.3 is 70.6 Å². The lowest BCUT2D eigenvalue weighted by Crippen LogP contribution is -2.60. The third-order valence-corrected chi connectivity index (χ3v) is 13.2. The van der Waals surface area contributed by atoms with Crippen molar-refractivity contribution < 1.29 is 53.1 Å². The zero-order chi connectivity index (χ0) is 48.6. The highest BCUT2D eigenvalue weighted by molar-refractivity contribution is 8.16. The van der Waals surface area contributed by atoms with Crippen molar-refractivity contribution in [2.24, 2.45) is 27.9 Å². The van der Waals surface area contributed by atoms with Gasteiger partial charge in [0, 0.05) is 35.3 Å². The highest BCUT2D eigenvalue weighted by Gasteiger charge is 2.34. The molecule has 2 aliphatic heterocycles. The summed E-state index contributed by atoms with van der Waals surface area (Å²) in [5.41, 5.74) is 22.8. The number of thioether (sulfide) groups is 3. The number of benzene rings is 1. The Labute approximate surface area is 393 Å². The van der Waals surface area contributed by atoms with Crippen molar-refractivity contribution in [2.45, 2.75) is 87.2 Å². The Morgan fingerprint density at radius 1 is 0.636 bits per heavy atom. The molecule has 9 amide bonds. The van der Waals surface area contributed by atoms with E-state index in [1.165, 1.54) is 0 Å². The molecule has 1 aromatic rings. The van der Waals surface area contributed by atoms with E-state index in [1.807, 2.05) is 0 Å². The van der Waals surface area contributed by atoms with Crippen molar-refractivity contribution in [3.8, 4) is 0 Å². The number of fused-ring (bicyclic) bond motifs is 6. The molecule has 2 fully saturated rings. The number of nitrogens with one attached hydrogen (secondary N) is 8. The Balaban J connectivity index is 2.12. The summed E-state index contributed by atoms with van der Waals surface area (Å²) in [6, 6.07) is -1.20. The van der Waals surface area contributed by atoms with Gasteiger partial charge in [-0.05, 0) is 44.2 Å². The quantitative estimate of drug-likeness (QED) is 0.0500. The van der Waals surface area contributed by atoms with Gasteiger partial charge in [0.05, 0.1) is 18.7 Å². The first-order valence-electron chi connectivity index (χ1n) is 20.9. The number of hydrogen-bond donors (Lipinski definition) is 13. The Kier molecular flexibility index (Phi) is 23.9. The molecule has 17 N–H and O–H groups in total. The first-order chi connectivity index (χ1) is 31.5. The van der Waals surface area contributed by atoms with Gasteiger partial charge in [-0.3, -0.25) is 52.9 Å². The lowest BCUT2D eigenvalue weighted by atomic mass is 10.0. The second-order valence-corrected chi connectivity index (χ2v) is 18.5. The fourth-order valence-corrected chi connectivity index (χ4v) is 9.38. The van der Waals surface area contributed by atoms with Crippen LogP contribution in [0.3, 0.4) is 0 Å². The van der Waals surface area contributed by atoms with Gasteiger partial charge in [0.15, 0.2) is 5.96 Å². The van der Waals surface area contributed by atoms with Crippen molar-refractivity contribution in [1.29, 1.82) is 0 Å². The van der Waals surface area contributed by atoms with Gasteiger partial charge in [0.25, 0.3) is 0 Å². The number of carbonyl (C=O) groups excluding carboxylic acids is 9. The molecule has 2 aliphatic rings. The van der Waals surface area contributed by atoms with Crippen molar-refractivity contribution in [2.75, 3.05) is 47.7 Å². The molecule has 0 spiro atoms. The van der Waals surface area contributed by atoms with Crippen LogP contribution in [0.2, 0.25) is 0 Å². The molecule has 2 heterocycles. The highest BCUT2D eigenvalue weighted by Crippen LogP contribution is 2.17. The van der Waals surface area contributed by atoms with Gasteiger partial charge >= 0.3 is 5.97 Å². The normalized spacial score (nSPS) is 25.0. The predicted molar refractivity (Wildman–Crippen MR) is 248 cm³/mol. The van der Waals surface area contributed by atoms with Gasteiger partial charge in [-0.1, -0.05) is 30.3 Å². The maximum absolute atomic E-state index is 14.1. The monoisotopic (exact) mass is 981 g/mol. The fourth-order valence-electron chi connectivity index (χ4n) is 6.33. The molecule has 2 bridgehead atoms. The van der Waals surface area contributed by atoms with E-state index in [0.29, 0.717) is 24.9 Å². The fraction of sp³-hybridized carbons (Fsp3) is 0.564. The number of nitrogens with two attached hydrogens (primary N) is 4. The van der Waals surface area contributed by atoms with Gasteiger partial charge in [0.2, 0.25) is 53.2 Å². The maximum atomic E-state index is 14.1. The molecule has 24 nitrogen and oxygen atoms in total. The number of primary amides is 1. The van der Waals surface area contributed by atoms with Crippen LogP contribution in [0, 0.1) is 0 Å². The second kappa shape index (κ2) is 29.0. The van der Waals surface area contributed by atoms with Crippen molar-refractivity contribution in [3.63, 3.8) is 0 Å². The number of carboxylic acid groups (broad SMARTS) is 1. The number of aliphatic carboxylic acids is 1. The van der Waals surface area contributed by atoms with E-state index < -0.39 is 114 Å². The number of hydrogen-bond acceptors (Lipinski definition) is 15. The van der Waals surface area contributed by atoms with Crippen LogP contribution in [0.5, 0.6) is 0 Å². The van der Waals surface area contributed by atoms with Crippen molar-refractivity contribution >= 4 is 100 Å². The molecule has 0 aromatic heterocycles.